The summed E-state index contributed by atoms with van der Waals surface area (Å²) in [6.45, 7) is 0. The van der Waals surface area contributed by atoms with E-state index in [1.54, 1.807) is 0 Å². The van der Waals surface area contributed by atoms with Crippen LogP contribution in [0.15, 0.2) is 66.7 Å². The Hall–Kier alpha value is -2.15. The molecule has 78 valence electrons. The van der Waals surface area contributed by atoms with Crippen molar-refractivity contribution in [2.45, 2.75) is 0 Å². The van der Waals surface area contributed by atoms with Crippen LogP contribution in [0, 0.1) is 5.41 Å². The highest BCUT2D eigenvalue weighted by molar-refractivity contribution is 5.90. The number of hydrogen-bond donors (Lipinski definition) is 1. The fraction of sp³-hybridized carbons (Fsp3) is 0. The van der Waals surface area contributed by atoms with E-state index < -0.39 is 0 Å². The molecule has 2 aromatic rings. The third kappa shape index (κ3) is 2.26. The first kappa shape index (κ1) is 10.4. The molecule has 0 saturated carbocycles. The zero-order chi connectivity index (χ0) is 11.2. The Morgan fingerprint density at radius 1 is 0.750 bits per heavy atom. The second kappa shape index (κ2) is 5.08. The highest BCUT2D eigenvalue weighted by Crippen LogP contribution is 2.22. The second-order valence-corrected chi connectivity index (χ2v) is 3.48. The van der Waals surface area contributed by atoms with E-state index >= 15 is 0 Å². The van der Waals surface area contributed by atoms with Gasteiger partial charge < -0.3 is 5.41 Å². The molecule has 2 rings (SSSR count). The zero-order valence-electron chi connectivity index (χ0n) is 8.93. The molecule has 0 heterocycles. The maximum atomic E-state index is 7.23. The van der Waals surface area contributed by atoms with Crippen molar-refractivity contribution in [3.05, 3.63) is 77.9 Å². The molecule has 0 unspecified atom stereocenters. The predicted octanol–water partition coefficient (Wildman–Crippen LogP) is 3.77. The van der Waals surface area contributed by atoms with Gasteiger partial charge in [-0.2, -0.15) is 0 Å². The molecule has 0 aromatic heterocycles. The Bertz CT molecular complexity index is 442. The number of benzene rings is 2. The van der Waals surface area contributed by atoms with Crippen molar-refractivity contribution >= 4 is 11.8 Å². The average molecular weight is 207 g/mol. The van der Waals surface area contributed by atoms with E-state index in [1.165, 1.54) is 6.21 Å². The summed E-state index contributed by atoms with van der Waals surface area (Å²) in [4.78, 5) is 0. The monoisotopic (exact) mass is 207 g/mol. The van der Waals surface area contributed by atoms with Gasteiger partial charge in [-0.25, -0.2) is 0 Å². The van der Waals surface area contributed by atoms with Gasteiger partial charge in [0.2, 0.25) is 0 Å². The SMILES string of the molecule is N=CC=C(c1ccccc1)c1ccccc1. The normalized spacial score (nSPS) is 9.50. The number of allylic oxidation sites excluding steroid dienone is 1. The van der Waals surface area contributed by atoms with E-state index in [1.807, 2.05) is 42.5 Å². The molecule has 0 amide bonds. The van der Waals surface area contributed by atoms with Gasteiger partial charge >= 0.3 is 0 Å². The van der Waals surface area contributed by atoms with Crippen LogP contribution in [0.3, 0.4) is 0 Å². The van der Waals surface area contributed by atoms with Crippen LogP contribution in [0.25, 0.3) is 5.57 Å². The molecule has 0 fully saturated rings. The molecule has 16 heavy (non-hydrogen) atoms. The summed E-state index contributed by atoms with van der Waals surface area (Å²) in [7, 11) is 0. The number of rotatable bonds is 3. The molecular formula is C15H13N. The molecule has 0 atom stereocenters. The van der Waals surface area contributed by atoms with Crippen LogP contribution in [0.4, 0.5) is 0 Å². The Kier molecular flexibility index (Phi) is 3.29. The Morgan fingerprint density at radius 3 is 1.56 bits per heavy atom. The molecule has 0 saturated heterocycles. The van der Waals surface area contributed by atoms with Crippen molar-refractivity contribution in [2.75, 3.05) is 0 Å². The summed E-state index contributed by atoms with van der Waals surface area (Å²) < 4.78 is 0. The Morgan fingerprint density at radius 2 is 1.19 bits per heavy atom. The second-order valence-electron chi connectivity index (χ2n) is 3.48. The lowest BCUT2D eigenvalue weighted by Gasteiger charge is -2.06. The summed E-state index contributed by atoms with van der Waals surface area (Å²) >= 11 is 0. The third-order valence-corrected chi connectivity index (χ3v) is 2.42. The summed E-state index contributed by atoms with van der Waals surface area (Å²) in [5, 5.41) is 7.23. The minimum absolute atomic E-state index is 1.08. The molecule has 0 bridgehead atoms. The van der Waals surface area contributed by atoms with E-state index in [0.29, 0.717) is 0 Å². The Balaban J connectivity index is 2.48. The molecule has 0 radical (unpaired) electrons. The van der Waals surface area contributed by atoms with Gasteiger partial charge in [0.1, 0.15) is 0 Å². The third-order valence-electron chi connectivity index (χ3n) is 2.42. The summed E-state index contributed by atoms with van der Waals surface area (Å²) in [5.74, 6) is 0. The van der Waals surface area contributed by atoms with Gasteiger partial charge in [-0.3, -0.25) is 0 Å². The van der Waals surface area contributed by atoms with Crippen molar-refractivity contribution in [2.24, 2.45) is 0 Å². The molecule has 1 N–H and O–H groups in total. The van der Waals surface area contributed by atoms with Crippen LogP contribution in [-0.4, -0.2) is 6.21 Å². The molecule has 0 aliphatic carbocycles. The van der Waals surface area contributed by atoms with Gasteiger partial charge in [0.05, 0.1) is 0 Å². The van der Waals surface area contributed by atoms with E-state index in [0.717, 1.165) is 16.7 Å². The molecule has 1 heteroatoms. The molecule has 0 spiro atoms. The lowest BCUT2D eigenvalue weighted by molar-refractivity contribution is 1.54. The van der Waals surface area contributed by atoms with Crippen LogP contribution in [0.1, 0.15) is 11.1 Å². The van der Waals surface area contributed by atoms with Gasteiger partial charge in [0, 0.05) is 6.21 Å². The van der Waals surface area contributed by atoms with Gasteiger partial charge in [0.15, 0.2) is 0 Å². The quantitative estimate of drug-likeness (QED) is 0.741. The molecule has 0 aliphatic rings. The minimum Gasteiger partial charge on any atom is -0.309 e. The van der Waals surface area contributed by atoms with Crippen molar-refractivity contribution < 1.29 is 0 Å². The zero-order valence-corrected chi connectivity index (χ0v) is 8.93. The van der Waals surface area contributed by atoms with Crippen LogP contribution in [0.5, 0.6) is 0 Å². The maximum Gasteiger partial charge on any atom is 0.0184 e. The smallest absolute Gasteiger partial charge is 0.0184 e. The molecular weight excluding hydrogens is 194 g/mol. The lowest BCUT2D eigenvalue weighted by Crippen LogP contribution is -1.87. The first-order valence-electron chi connectivity index (χ1n) is 5.23. The van der Waals surface area contributed by atoms with Gasteiger partial charge in [-0.15, -0.1) is 0 Å². The van der Waals surface area contributed by atoms with Crippen LogP contribution in [0.2, 0.25) is 0 Å². The standard InChI is InChI=1S/C15H13N/c16-12-11-15(13-7-3-1-4-8-13)14-9-5-2-6-10-14/h1-12,16H. The maximum absolute atomic E-state index is 7.23. The minimum atomic E-state index is 1.08. The van der Waals surface area contributed by atoms with Gasteiger partial charge in [0.25, 0.3) is 0 Å². The predicted molar refractivity (Wildman–Crippen MR) is 68.7 cm³/mol. The van der Waals surface area contributed by atoms with Gasteiger partial charge in [-0.05, 0) is 22.8 Å². The summed E-state index contributed by atoms with van der Waals surface area (Å²) in [5.41, 5.74) is 3.35. The topological polar surface area (TPSA) is 23.9 Å². The first-order valence-corrected chi connectivity index (χ1v) is 5.23. The summed E-state index contributed by atoms with van der Waals surface area (Å²) in [6, 6.07) is 20.3. The fourth-order valence-corrected chi connectivity index (χ4v) is 1.68. The van der Waals surface area contributed by atoms with E-state index in [-0.39, 0.29) is 0 Å². The van der Waals surface area contributed by atoms with Crippen molar-refractivity contribution in [3.8, 4) is 0 Å². The molecule has 2 aromatic carbocycles. The van der Waals surface area contributed by atoms with Gasteiger partial charge in [-0.1, -0.05) is 60.7 Å². The molecule has 0 aliphatic heterocycles. The van der Waals surface area contributed by atoms with Crippen LogP contribution in [-0.2, 0) is 0 Å². The number of nitrogens with one attached hydrogen (secondary N) is 1. The van der Waals surface area contributed by atoms with E-state index in [2.05, 4.69) is 24.3 Å². The highest BCUT2D eigenvalue weighted by atomic mass is 14.3. The summed E-state index contributed by atoms with van der Waals surface area (Å²) in [6.07, 6.45) is 3.15. The van der Waals surface area contributed by atoms with Crippen molar-refractivity contribution in [3.63, 3.8) is 0 Å². The number of hydrogen-bond acceptors (Lipinski definition) is 1. The van der Waals surface area contributed by atoms with E-state index in [9.17, 15) is 0 Å². The first-order chi connectivity index (χ1) is 7.92. The Labute approximate surface area is 95.6 Å². The fourth-order valence-electron chi connectivity index (χ4n) is 1.68. The largest absolute Gasteiger partial charge is 0.309 e. The molecule has 1 nitrogen and oxygen atoms in total. The van der Waals surface area contributed by atoms with Crippen molar-refractivity contribution in [1.29, 1.82) is 5.41 Å². The van der Waals surface area contributed by atoms with Crippen LogP contribution >= 0.6 is 0 Å². The van der Waals surface area contributed by atoms with E-state index in [4.69, 9.17) is 5.41 Å². The highest BCUT2D eigenvalue weighted by Gasteiger charge is 2.02. The average Bonchev–Trinajstić information content (AvgIpc) is 2.38. The van der Waals surface area contributed by atoms with Crippen LogP contribution < -0.4 is 0 Å². The lowest BCUT2D eigenvalue weighted by atomic mass is 9.98. The van der Waals surface area contributed by atoms with Crippen molar-refractivity contribution in [1.82, 2.24) is 0 Å².